The van der Waals surface area contributed by atoms with Gasteiger partial charge < -0.3 is 15.1 Å². The van der Waals surface area contributed by atoms with Gasteiger partial charge in [-0.2, -0.15) is 0 Å². The Hall–Kier alpha value is -2.75. The highest BCUT2D eigenvalue weighted by Crippen LogP contribution is 2.44. The Bertz CT molecular complexity index is 1350. The van der Waals surface area contributed by atoms with Crippen LogP contribution in [0, 0.1) is 11.3 Å². The van der Waals surface area contributed by atoms with Crippen molar-refractivity contribution in [3.05, 3.63) is 65.7 Å². The second-order valence-corrected chi connectivity index (χ2v) is 14.5. The Morgan fingerprint density at radius 3 is 2.24 bits per heavy atom. The van der Waals surface area contributed by atoms with Crippen molar-refractivity contribution in [3.63, 3.8) is 0 Å². The summed E-state index contributed by atoms with van der Waals surface area (Å²) >= 11 is 0. The summed E-state index contributed by atoms with van der Waals surface area (Å²) in [5.74, 6) is 0.966. The van der Waals surface area contributed by atoms with E-state index >= 15 is 0 Å². The maximum Gasteiger partial charge on any atom is 0.240 e. The minimum atomic E-state index is -3.25. The van der Waals surface area contributed by atoms with E-state index in [0.29, 0.717) is 23.9 Å². The summed E-state index contributed by atoms with van der Waals surface area (Å²) in [6, 6.07) is 17.3. The van der Waals surface area contributed by atoms with Crippen LogP contribution in [0.2, 0.25) is 0 Å². The highest BCUT2D eigenvalue weighted by atomic mass is 32.2. The van der Waals surface area contributed by atoms with Crippen LogP contribution < -0.4 is 5.32 Å². The molecule has 3 atom stereocenters. The molecular weight excluding hydrogens is 536 g/mol. The summed E-state index contributed by atoms with van der Waals surface area (Å²) in [5.41, 5.74) is 1.87. The van der Waals surface area contributed by atoms with Gasteiger partial charge in [-0.25, -0.2) is 8.42 Å². The third-order valence-corrected chi connectivity index (χ3v) is 11.2. The first kappa shape index (κ1) is 28.4. The molecule has 0 radical (unpaired) electrons. The van der Waals surface area contributed by atoms with E-state index in [2.05, 4.69) is 39.4 Å². The van der Waals surface area contributed by atoms with E-state index < -0.39 is 9.84 Å². The fraction of sp³-hybridized carbons (Fsp3) is 0.562. The molecule has 9 heteroatoms. The maximum atomic E-state index is 14.1. The van der Waals surface area contributed by atoms with Crippen molar-refractivity contribution in [1.29, 1.82) is 0 Å². The normalized spacial score (nSPS) is 25.7. The number of nitrogens with zero attached hydrogens (tertiary/aromatic N) is 3. The third-order valence-electron chi connectivity index (χ3n) is 10.0. The topological polar surface area (TPSA) is 90.0 Å². The van der Waals surface area contributed by atoms with E-state index in [1.807, 2.05) is 23.1 Å². The minimum absolute atomic E-state index is 0.174. The number of hydrogen-bond donors (Lipinski definition) is 1. The van der Waals surface area contributed by atoms with Gasteiger partial charge in [0.2, 0.25) is 11.8 Å². The van der Waals surface area contributed by atoms with Gasteiger partial charge in [-0.1, -0.05) is 42.5 Å². The molecule has 6 rings (SSSR count). The van der Waals surface area contributed by atoms with Gasteiger partial charge in [-0.15, -0.1) is 0 Å². The van der Waals surface area contributed by atoms with Gasteiger partial charge in [-0.3, -0.25) is 14.5 Å². The lowest BCUT2D eigenvalue weighted by Crippen LogP contribution is -2.57. The predicted molar refractivity (Wildman–Crippen MR) is 158 cm³/mol. The summed E-state index contributed by atoms with van der Waals surface area (Å²) in [5, 5.41) is 3.59. The highest BCUT2D eigenvalue weighted by Gasteiger charge is 2.51. The summed E-state index contributed by atoms with van der Waals surface area (Å²) in [4.78, 5) is 34.5. The summed E-state index contributed by atoms with van der Waals surface area (Å²) < 4.78 is 23.6. The largest absolute Gasteiger partial charge is 0.341 e. The Morgan fingerprint density at radius 1 is 0.927 bits per heavy atom. The first-order chi connectivity index (χ1) is 19.7. The molecule has 4 fully saturated rings. The van der Waals surface area contributed by atoms with Crippen molar-refractivity contribution in [1.82, 2.24) is 20.0 Å². The van der Waals surface area contributed by atoms with Crippen molar-refractivity contribution in [3.8, 4) is 0 Å². The van der Waals surface area contributed by atoms with Gasteiger partial charge in [0.1, 0.15) is 0 Å². The van der Waals surface area contributed by atoms with Crippen molar-refractivity contribution in [2.24, 2.45) is 11.3 Å². The molecule has 1 unspecified atom stereocenters. The zero-order chi connectivity index (χ0) is 28.6. The highest BCUT2D eigenvalue weighted by molar-refractivity contribution is 7.90. The van der Waals surface area contributed by atoms with Crippen LogP contribution in [0.15, 0.2) is 59.5 Å². The van der Waals surface area contributed by atoms with Crippen LogP contribution in [0.1, 0.15) is 49.1 Å². The Morgan fingerprint density at radius 2 is 1.59 bits per heavy atom. The SMILES string of the molecule is CS(=O)(=O)c1ccc(CN2CCC3(CCN(C(C(=O)N4CCCC4)[C@@H]4CNC[C@@H]4c4ccccc4)CC3)C2=O)cc1. The van der Waals surface area contributed by atoms with Crippen molar-refractivity contribution in [2.45, 2.75) is 55.5 Å². The van der Waals surface area contributed by atoms with Gasteiger partial charge >= 0.3 is 0 Å². The lowest BCUT2D eigenvalue weighted by molar-refractivity contribution is -0.143. The van der Waals surface area contributed by atoms with E-state index in [4.69, 9.17) is 0 Å². The standard InChI is InChI=1S/C32H42N4O4S/c1-41(39,40)26-11-9-24(10-12-26)23-36-20-15-32(31(36)38)13-18-34(19-14-32)29(30(37)35-16-5-6-17-35)28-22-33-21-27(28)25-7-3-2-4-8-25/h2-4,7-12,27-29,33H,5-6,13-23H2,1H3/t27-,28-,29?/m1/s1. The second kappa shape index (κ2) is 11.5. The summed E-state index contributed by atoms with van der Waals surface area (Å²) in [7, 11) is -3.25. The molecule has 0 aromatic heterocycles. The molecule has 0 bridgehead atoms. The first-order valence-corrected chi connectivity index (χ1v) is 17.0. The molecule has 2 amide bonds. The van der Waals surface area contributed by atoms with Gasteiger partial charge in [0.05, 0.1) is 16.4 Å². The van der Waals surface area contributed by atoms with Crippen LogP contribution >= 0.6 is 0 Å². The number of benzene rings is 2. The van der Waals surface area contributed by atoms with Crippen LogP contribution in [-0.4, -0.2) is 93.0 Å². The quantitative estimate of drug-likeness (QED) is 0.544. The number of amides is 2. The molecule has 4 aliphatic heterocycles. The minimum Gasteiger partial charge on any atom is -0.341 e. The maximum absolute atomic E-state index is 14.1. The summed E-state index contributed by atoms with van der Waals surface area (Å²) in [6.45, 7) is 6.13. The zero-order valence-corrected chi connectivity index (χ0v) is 24.8. The van der Waals surface area contributed by atoms with Crippen LogP contribution in [-0.2, 0) is 26.0 Å². The van der Waals surface area contributed by atoms with E-state index in [1.54, 1.807) is 12.1 Å². The molecule has 41 heavy (non-hydrogen) atoms. The van der Waals surface area contributed by atoms with Crippen molar-refractivity contribution in [2.75, 3.05) is 52.1 Å². The average Bonchev–Trinajstić information content (AvgIpc) is 3.74. The van der Waals surface area contributed by atoms with E-state index in [9.17, 15) is 18.0 Å². The molecule has 2 aromatic carbocycles. The smallest absolute Gasteiger partial charge is 0.240 e. The average molecular weight is 579 g/mol. The first-order valence-electron chi connectivity index (χ1n) is 15.1. The zero-order valence-electron chi connectivity index (χ0n) is 24.0. The summed E-state index contributed by atoms with van der Waals surface area (Å²) in [6.07, 6.45) is 5.74. The molecule has 0 saturated carbocycles. The fourth-order valence-corrected chi connectivity index (χ4v) is 8.26. The lowest BCUT2D eigenvalue weighted by Gasteiger charge is -2.44. The number of likely N-dealkylation sites (tertiary alicyclic amines) is 3. The Labute approximate surface area is 244 Å². The molecule has 4 saturated heterocycles. The van der Waals surface area contributed by atoms with Crippen LogP contribution in [0.5, 0.6) is 0 Å². The molecule has 220 valence electrons. The van der Waals surface area contributed by atoms with Crippen LogP contribution in [0.3, 0.4) is 0 Å². The fourth-order valence-electron chi connectivity index (χ4n) is 7.63. The van der Waals surface area contributed by atoms with E-state index in [-0.39, 0.29) is 29.2 Å². The van der Waals surface area contributed by atoms with E-state index in [0.717, 1.165) is 76.9 Å². The number of carbonyl (C=O) groups is 2. The van der Waals surface area contributed by atoms with Crippen molar-refractivity contribution >= 4 is 21.7 Å². The number of nitrogens with one attached hydrogen (secondary N) is 1. The van der Waals surface area contributed by atoms with Gasteiger partial charge in [0.15, 0.2) is 9.84 Å². The van der Waals surface area contributed by atoms with Crippen molar-refractivity contribution < 1.29 is 18.0 Å². The van der Waals surface area contributed by atoms with Gasteiger partial charge in [0.25, 0.3) is 0 Å². The number of sulfone groups is 1. The number of piperidine rings is 1. The molecule has 0 aliphatic carbocycles. The molecule has 4 heterocycles. The molecular formula is C32H42N4O4S. The molecule has 2 aromatic rings. The molecule has 1 N–H and O–H groups in total. The van der Waals surface area contributed by atoms with Gasteiger partial charge in [-0.05, 0) is 68.5 Å². The van der Waals surface area contributed by atoms with Gasteiger partial charge in [0, 0.05) is 57.4 Å². The Kier molecular flexibility index (Phi) is 7.96. The monoisotopic (exact) mass is 578 g/mol. The Balaban J connectivity index is 1.16. The lowest BCUT2D eigenvalue weighted by atomic mass is 9.75. The number of rotatable bonds is 7. The van der Waals surface area contributed by atoms with E-state index in [1.165, 1.54) is 11.8 Å². The second-order valence-electron chi connectivity index (χ2n) is 12.5. The predicted octanol–water partition coefficient (Wildman–Crippen LogP) is 2.90. The molecule has 1 spiro atoms. The molecule has 8 nitrogen and oxygen atoms in total. The third kappa shape index (κ3) is 5.68. The number of hydrogen-bond acceptors (Lipinski definition) is 6. The number of carbonyl (C=O) groups excluding carboxylic acids is 2. The van der Waals surface area contributed by atoms with Crippen LogP contribution in [0.25, 0.3) is 0 Å². The molecule has 4 aliphatic rings. The van der Waals surface area contributed by atoms with Crippen LogP contribution in [0.4, 0.5) is 0 Å².